The molecule has 2 amide bonds. The number of aromatic hydroxyl groups is 1. The predicted molar refractivity (Wildman–Crippen MR) is 148 cm³/mol. The second-order valence-electron chi connectivity index (χ2n) is 9.17. The number of carbonyl (C=O) groups excluding carboxylic acids is 2. The molecule has 1 heterocycles. The van der Waals surface area contributed by atoms with Gasteiger partial charge in [0.15, 0.2) is 17.2 Å². The van der Waals surface area contributed by atoms with Crippen LogP contribution in [0.15, 0.2) is 35.5 Å². The van der Waals surface area contributed by atoms with Gasteiger partial charge in [-0.3, -0.25) is 25.0 Å². The molecule has 1 unspecified atom stereocenters. The van der Waals surface area contributed by atoms with Gasteiger partial charge < -0.3 is 34.2 Å². The molecule has 1 aliphatic heterocycles. The van der Waals surface area contributed by atoms with Crippen molar-refractivity contribution in [1.29, 1.82) is 0 Å². The number of nitrogens with zero attached hydrogens (tertiary/aromatic N) is 3. The number of carbonyl (C=O) groups is 3. The van der Waals surface area contributed by atoms with Gasteiger partial charge in [-0.05, 0) is 43.4 Å². The van der Waals surface area contributed by atoms with E-state index >= 15 is 0 Å². The number of phenolic OH excluding ortho intramolecular Hbond substituents is 1. The van der Waals surface area contributed by atoms with E-state index in [4.69, 9.17) is 24.2 Å². The number of likely N-dealkylation sites (tertiary alicyclic amines) is 1. The smallest absolute Gasteiger partial charge is 0.411 e. The third kappa shape index (κ3) is 8.46. The van der Waals surface area contributed by atoms with Crippen molar-refractivity contribution in [3.8, 4) is 17.2 Å². The molecule has 3 rings (SSSR count). The van der Waals surface area contributed by atoms with Gasteiger partial charge in [0.1, 0.15) is 13.7 Å². The number of piperidine rings is 1. The molecule has 0 radical (unpaired) electrons. The highest BCUT2D eigenvalue weighted by Crippen LogP contribution is 2.36. The number of methoxy groups -OCH3 is 1. The first-order chi connectivity index (χ1) is 20.1. The van der Waals surface area contributed by atoms with E-state index in [1.807, 2.05) is 0 Å². The second kappa shape index (κ2) is 15.1. The third-order valence-electron chi connectivity index (χ3n) is 6.32. The molecule has 0 aliphatic carbocycles. The van der Waals surface area contributed by atoms with Crippen molar-refractivity contribution in [2.24, 2.45) is 5.16 Å². The molecule has 1 saturated heterocycles. The number of ether oxygens (including phenoxy) is 3. The molecule has 15 heteroatoms. The predicted octanol–water partition coefficient (Wildman–Crippen LogP) is 3.93. The molecule has 1 atom stereocenters. The maximum atomic E-state index is 13.8. The summed E-state index contributed by atoms with van der Waals surface area (Å²) in [7, 11) is 2.77. The van der Waals surface area contributed by atoms with Crippen molar-refractivity contribution in [2.45, 2.75) is 44.8 Å². The highest BCUT2D eigenvalue weighted by Gasteiger charge is 2.30. The van der Waals surface area contributed by atoms with Crippen molar-refractivity contribution in [2.75, 3.05) is 32.7 Å². The molecule has 1 fully saturated rings. The Kier molecular flexibility index (Phi) is 11.3. The van der Waals surface area contributed by atoms with Crippen molar-refractivity contribution in [3.63, 3.8) is 0 Å². The highest BCUT2D eigenvalue weighted by molar-refractivity contribution is 6.04. The summed E-state index contributed by atoms with van der Waals surface area (Å²) in [5.74, 6) is -1.61. The van der Waals surface area contributed by atoms with Gasteiger partial charge in [-0.1, -0.05) is 11.2 Å². The van der Waals surface area contributed by atoms with E-state index in [1.165, 1.54) is 38.6 Å². The molecular formula is C27H32N4O11. The zero-order valence-electron chi connectivity index (χ0n) is 23.1. The van der Waals surface area contributed by atoms with Crippen LogP contribution in [0.4, 0.5) is 16.2 Å². The van der Waals surface area contributed by atoms with E-state index in [9.17, 15) is 29.6 Å². The lowest BCUT2D eigenvalue weighted by Gasteiger charge is -2.33. The van der Waals surface area contributed by atoms with Gasteiger partial charge >= 0.3 is 17.7 Å². The lowest BCUT2D eigenvalue weighted by Crippen LogP contribution is -2.45. The van der Waals surface area contributed by atoms with Crippen LogP contribution < -0.4 is 14.8 Å². The van der Waals surface area contributed by atoms with Crippen LogP contribution in [0.3, 0.4) is 0 Å². The Balaban J connectivity index is 1.89. The fourth-order valence-electron chi connectivity index (χ4n) is 4.27. The van der Waals surface area contributed by atoms with Gasteiger partial charge in [-0.2, -0.15) is 0 Å². The molecule has 0 bridgehead atoms. The number of anilines is 1. The standard InChI is InChI=1S/C27H32N4O11/c1-39-23-13-19(26(35)30-10-4-3-6-18(30)15-28-40-2)20(14-24(23)41-11-5-7-25(33)34)29-27(36)42-16-17-8-9-22(32)21(12-17)31(37)38/h8-9,12-15,18,32H,3-7,10-11,16H2,1-2H3,(H,29,36)(H,33,34)/b28-15-. The summed E-state index contributed by atoms with van der Waals surface area (Å²) in [6, 6.07) is 5.99. The fraction of sp³-hybridized carbons (Fsp3) is 0.407. The monoisotopic (exact) mass is 588 g/mol. The maximum absolute atomic E-state index is 13.8. The summed E-state index contributed by atoms with van der Waals surface area (Å²) in [5, 5.41) is 36.0. The summed E-state index contributed by atoms with van der Waals surface area (Å²) >= 11 is 0. The van der Waals surface area contributed by atoms with Crippen LogP contribution in [0.5, 0.6) is 17.2 Å². The average molecular weight is 589 g/mol. The molecular weight excluding hydrogens is 556 g/mol. The first-order valence-electron chi connectivity index (χ1n) is 13.0. The Hall–Kier alpha value is -5.08. The van der Waals surface area contributed by atoms with E-state index in [0.29, 0.717) is 13.0 Å². The van der Waals surface area contributed by atoms with Crippen molar-refractivity contribution in [1.82, 2.24) is 4.90 Å². The van der Waals surface area contributed by atoms with E-state index in [1.54, 1.807) is 4.90 Å². The molecule has 2 aromatic rings. The zero-order chi connectivity index (χ0) is 30.6. The lowest BCUT2D eigenvalue weighted by atomic mass is 10.0. The quantitative estimate of drug-likeness (QED) is 0.133. The Labute approximate surface area is 240 Å². The number of amides is 2. The largest absolute Gasteiger partial charge is 0.502 e. The summed E-state index contributed by atoms with van der Waals surface area (Å²) in [6.07, 6.45) is 2.94. The summed E-state index contributed by atoms with van der Waals surface area (Å²) in [5.41, 5.74) is -0.197. The zero-order valence-corrected chi connectivity index (χ0v) is 23.1. The van der Waals surface area contributed by atoms with Crippen LogP contribution in [0.25, 0.3) is 0 Å². The number of oxime groups is 1. The van der Waals surface area contributed by atoms with Crippen molar-refractivity contribution < 1.29 is 48.6 Å². The molecule has 0 aromatic heterocycles. The minimum atomic E-state index is -0.983. The number of nitro groups is 1. The number of hydrogen-bond acceptors (Lipinski definition) is 11. The van der Waals surface area contributed by atoms with Gasteiger partial charge in [-0.25, -0.2) is 4.79 Å². The van der Waals surface area contributed by atoms with Crippen LogP contribution in [-0.2, 0) is 21.0 Å². The Bertz CT molecular complexity index is 1330. The SMILES string of the molecule is CO/N=C\C1CCCCN1C(=O)c1cc(OC)c(OCCCC(=O)O)cc1NC(=O)OCc1ccc(O)c([N+](=O)[O-])c1. The number of carboxylic acids is 1. The Morgan fingerprint density at radius 2 is 1.98 bits per heavy atom. The number of benzene rings is 2. The van der Waals surface area contributed by atoms with Crippen LogP contribution in [0.2, 0.25) is 0 Å². The number of carboxylic acid groups (broad SMARTS) is 1. The summed E-state index contributed by atoms with van der Waals surface area (Å²) in [6.45, 7) is 0.0896. The molecule has 0 saturated carbocycles. The van der Waals surface area contributed by atoms with E-state index in [-0.39, 0.29) is 60.4 Å². The first kappa shape index (κ1) is 31.4. The number of hydrogen-bond donors (Lipinski definition) is 3. The molecule has 42 heavy (non-hydrogen) atoms. The van der Waals surface area contributed by atoms with Crippen molar-refractivity contribution >= 4 is 35.6 Å². The van der Waals surface area contributed by atoms with Gasteiger partial charge in [0.05, 0.1) is 42.1 Å². The molecule has 1 aliphatic rings. The number of aliphatic carboxylic acids is 1. The maximum Gasteiger partial charge on any atom is 0.411 e. The molecule has 2 aromatic carbocycles. The molecule has 15 nitrogen and oxygen atoms in total. The van der Waals surface area contributed by atoms with Gasteiger partial charge in [0.2, 0.25) is 0 Å². The Morgan fingerprint density at radius 1 is 1.19 bits per heavy atom. The van der Waals surface area contributed by atoms with Crippen LogP contribution in [0.1, 0.15) is 48.0 Å². The minimum Gasteiger partial charge on any atom is -0.502 e. The molecule has 226 valence electrons. The third-order valence-corrected chi connectivity index (χ3v) is 6.32. The second-order valence-corrected chi connectivity index (χ2v) is 9.17. The lowest BCUT2D eigenvalue weighted by molar-refractivity contribution is -0.385. The molecule has 3 N–H and O–H groups in total. The minimum absolute atomic E-state index is 0.0289. The van der Waals surface area contributed by atoms with Crippen LogP contribution in [0, 0.1) is 10.1 Å². The fourth-order valence-corrected chi connectivity index (χ4v) is 4.27. The number of nitrogens with one attached hydrogen (secondary N) is 1. The van der Waals surface area contributed by atoms with E-state index in [0.717, 1.165) is 25.0 Å². The van der Waals surface area contributed by atoms with Crippen molar-refractivity contribution in [3.05, 3.63) is 51.6 Å². The number of rotatable bonds is 13. The number of phenols is 1. The highest BCUT2D eigenvalue weighted by atomic mass is 16.6. The molecule has 0 spiro atoms. The van der Waals surface area contributed by atoms with Gasteiger partial charge in [0, 0.05) is 25.1 Å². The van der Waals surface area contributed by atoms with Gasteiger partial charge in [-0.15, -0.1) is 0 Å². The van der Waals surface area contributed by atoms with E-state index in [2.05, 4.69) is 10.5 Å². The van der Waals surface area contributed by atoms with Gasteiger partial charge in [0.25, 0.3) is 5.91 Å². The normalized spacial score (nSPS) is 14.7. The van der Waals surface area contributed by atoms with Crippen LogP contribution in [-0.4, -0.2) is 77.6 Å². The number of nitro benzene ring substituents is 1. The Morgan fingerprint density at radius 3 is 2.67 bits per heavy atom. The van der Waals surface area contributed by atoms with Crippen LogP contribution >= 0.6 is 0 Å². The summed E-state index contributed by atoms with van der Waals surface area (Å²) in [4.78, 5) is 54.2. The first-order valence-corrected chi connectivity index (χ1v) is 13.0. The average Bonchev–Trinajstić information content (AvgIpc) is 2.97. The topological polar surface area (TPSA) is 199 Å². The van der Waals surface area contributed by atoms with E-state index < -0.39 is 34.3 Å². The summed E-state index contributed by atoms with van der Waals surface area (Å²) < 4.78 is 16.3.